The van der Waals surface area contributed by atoms with Gasteiger partial charge >= 0.3 is 0 Å². The van der Waals surface area contributed by atoms with Crippen LogP contribution in [-0.4, -0.2) is 23.7 Å². The van der Waals surface area contributed by atoms with Gasteiger partial charge in [-0.05, 0) is 41.1 Å². The summed E-state index contributed by atoms with van der Waals surface area (Å²) in [6.07, 6.45) is -0.599. The third-order valence-electron chi connectivity index (χ3n) is 1.74. The monoisotopic (exact) mass is 275 g/mol. The van der Waals surface area contributed by atoms with E-state index in [2.05, 4.69) is 21.2 Å². The van der Waals surface area contributed by atoms with E-state index in [9.17, 15) is 9.18 Å². The highest BCUT2D eigenvalue weighted by Crippen LogP contribution is 2.16. The van der Waals surface area contributed by atoms with Crippen molar-refractivity contribution >= 4 is 21.8 Å². The van der Waals surface area contributed by atoms with Gasteiger partial charge in [0.25, 0.3) is 5.91 Å². The van der Waals surface area contributed by atoms with Crippen molar-refractivity contribution in [2.75, 3.05) is 6.54 Å². The number of hydrogen-bond donors (Lipinski definition) is 2. The van der Waals surface area contributed by atoms with Crippen LogP contribution in [-0.2, 0) is 0 Å². The molecule has 0 aromatic heterocycles. The van der Waals surface area contributed by atoms with Crippen molar-refractivity contribution in [3.8, 4) is 0 Å². The van der Waals surface area contributed by atoms with Gasteiger partial charge in [-0.2, -0.15) is 0 Å². The molecule has 5 heteroatoms. The Morgan fingerprint density at radius 1 is 1.67 bits per heavy atom. The van der Waals surface area contributed by atoms with Crippen LogP contribution in [0.15, 0.2) is 22.7 Å². The lowest BCUT2D eigenvalue weighted by atomic mass is 10.2. The van der Waals surface area contributed by atoms with Gasteiger partial charge in [0.15, 0.2) is 0 Å². The first-order valence-electron chi connectivity index (χ1n) is 4.42. The molecule has 0 aliphatic heterocycles. The molecule has 0 aliphatic carbocycles. The molecule has 1 amide bonds. The molecule has 0 saturated heterocycles. The number of rotatable bonds is 3. The Morgan fingerprint density at radius 2 is 2.33 bits per heavy atom. The zero-order chi connectivity index (χ0) is 11.4. The van der Waals surface area contributed by atoms with Crippen LogP contribution in [0.1, 0.15) is 17.3 Å². The van der Waals surface area contributed by atoms with Crippen LogP contribution >= 0.6 is 15.9 Å². The van der Waals surface area contributed by atoms with E-state index in [0.717, 1.165) is 0 Å². The summed E-state index contributed by atoms with van der Waals surface area (Å²) in [6.45, 7) is 1.74. The van der Waals surface area contributed by atoms with Crippen molar-refractivity contribution in [2.24, 2.45) is 0 Å². The molecule has 0 radical (unpaired) electrons. The Bertz CT molecular complexity index is 368. The number of amides is 1. The second kappa shape index (κ2) is 5.23. The summed E-state index contributed by atoms with van der Waals surface area (Å²) in [5, 5.41) is 11.5. The van der Waals surface area contributed by atoms with Crippen LogP contribution in [0.3, 0.4) is 0 Å². The van der Waals surface area contributed by atoms with E-state index >= 15 is 0 Å². The molecule has 0 bridgehead atoms. The van der Waals surface area contributed by atoms with Crippen LogP contribution in [0.25, 0.3) is 0 Å². The van der Waals surface area contributed by atoms with Crippen LogP contribution in [0, 0.1) is 5.82 Å². The molecule has 2 N–H and O–H groups in total. The van der Waals surface area contributed by atoms with E-state index in [1.54, 1.807) is 6.92 Å². The predicted molar refractivity (Wildman–Crippen MR) is 58.1 cm³/mol. The minimum absolute atomic E-state index is 0.174. The molecule has 15 heavy (non-hydrogen) atoms. The first-order chi connectivity index (χ1) is 7.00. The van der Waals surface area contributed by atoms with Crippen molar-refractivity contribution in [3.63, 3.8) is 0 Å². The molecule has 0 fully saturated rings. The van der Waals surface area contributed by atoms with Gasteiger partial charge in [0.2, 0.25) is 0 Å². The number of nitrogens with one attached hydrogen (secondary N) is 1. The number of halogens is 2. The molecule has 1 aromatic carbocycles. The highest BCUT2D eigenvalue weighted by molar-refractivity contribution is 9.10. The maximum Gasteiger partial charge on any atom is 0.251 e. The molecular formula is C10H11BrFNO2. The van der Waals surface area contributed by atoms with Crippen LogP contribution in [0.4, 0.5) is 4.39 Å². The Kier molecular flexibility index (Phi) is 4.23. The molecule has 0 unspecified atom stereocenters. The third-order valence-corrected chi connectivity index (χ3v) is 2.35. The zero-order valence-electron chi connectivity index (χ0n) is 8.13. The summed E-state index contributed by atoms with van der Waals surface area (Å²) in [4.78, 5) is 11.4. The van der Waals surface area contributed by atoms with Crippen LogP contribution < -0.4 is 5.32 Å². The lowest BCUT2D eigenvalue weighted by Crippen LogP contribution is -2.30. The van der Waals surface area contributed by atoms with Gasteiger partial charge in [0.05, 0.1) is 10.6 Å². The lowest BCUT2D eigenvalue weighted by molar-refractivity contribution is 0.0924. The first-order valence-corrected chi connectivity index (χ1v) is 5.21. The van der Waals surface area contributed by atoms with Gasteiger partial charge < -0.3 is 10.4 Å². The topological polar surface area (TPSA) is 49.3 Å². The number of carbonyl (C=O) groups excluding carboxylic acids is 1. The van der Waals surface area contributed by atoms with E-state index in [-0.39, 0.29) is 16.9 Å². The minimum atomic E-state index is -0.599. The summed E-state index contributed by atoms with van der Waals surface area (Å²) in [7, 11) is 0. The van der Waals surface area contributed by atoms with Gasteiger partial charge in [-0.3, -0.25) is 4.79 Å². The average Bonchev–Trinajstić information content (AvgIpc) is 2.18. The Labute approximate surface area is 95.4 Å². The molecule has 3 nitrogen and oxygen atoms in total. The van der Waals surface area contributed by atoms with E-state index in [1.165, 1.54) is 18.2 Å². The highest BCUT2D eigenvalue weighted by Gasteiger charge is 2.08. The molecule has 1 rings (SSSR count). The van der Waals surface area contributed by atoms with Crippen molar-refractivity contribution < 1.29 is 14.3 Å². The van der Waals surface area contributed by atoms with Gasteiger partial charge in [0, 0.05) is 12.1 Å². The van der Waals surface area contributed by atoms with Crippen molar-refractivity contribution in [1.82, 2.24) is 5.32 Å². The number of hydrogen-bond acceptors (Lipinski definition) is 2. The second-order valence-corrected chi connectivity index (χ2v) is 4.04. The molecule has 0 saturated carbocycles. The Balaban J connectivity index is 2.70. The van der Waals surface area contributed by atoms with Gasteiger partial charge in [-0.15, -0.1) is 0 Å². The summed E-state index contributed by atoms with van der Waals surface area (Å²) in [5.41, 5.74) is 0.351. The van der Waals surface area contributed by atoms with Crippen molar-refractivity contribution in [1.29, 1.82) is 0 Å². The van der Waals surface area contributed by atoms with Crippen LogP contribution in [0.2, 0.25) is 0 Å². The van der Waals surface area contributed by atoms with Gasteiger partial charge in [0.1, 0.15) is 5.82 Å². The third kappa shape index (κ3) is 3.60. The largest absolute Gasteiger partial charge is 0.392 e. The Hall–Kier alpha value is -0.940. The second-order valence-electron chi connectivity index (χ2n) is 3.19. The van der Waals surface area contributed by atoms with E-state index in [4.69, 9.17) is 5.11 Å². The average molecular weight is 276 g/mol. The van der Waals surface area contributed by atoms with E-state index in [1.807, 2.05) is 0 Å². The minimum Gasteiger partial charge on any atom is -0.392 e. The molecule has 0 heterocycles. The quantitative estimate of drug-likeness (QED) is 0.882. The van der Waals surface area contributed by atoms with Crippen LogP contribution in [0.5, 0.6) is 0 Å². The van der Waals surface area contributed by atoms with E-state index < -0.39 is 11.9 Å². The number of aliphatic hydroxyl groups excluding tert-OH is 1. The molecule has 0 spiro atoms. The predicted octanol–water partition coefficient (Wildman–Crippen LogP) is 1.70. The molecule has 1 aromatic rings. The summed E-state index contributed by atoms with van der Waals surface area (Å²) >= 11 is 2.99. The first kappa shape index (κ1) is 12.1. The summed E-state index contributed by atoms with van der Waals surface area (Å²) < 4.78 is 13.1. The van der Waals surface area contributed by atoms with Crippen molar-refractivity contribution in [3.05, 3.63) is 34.1 Å². The number of benzene rings is 1. The summed E-state index contributed by atoms with van der Waals surface area (Å²) in [6, 6.07) is 3.99. The lowest BCUT2D eigenvalue weighted by Gasteiger charge is -2.07. The molecule has 1 atom stereocenters. The standard InChI is InChI=1S/C10H11BrFNO2/c1-6(14)5-13-10(15)7-2-3-9(12)8(11)4-7/h2-4,6,14H,5H2,1H3,(H,13,15)/t6-/m0/s1. The van der Waals surface area contributed by atoms with E-state index in [0.29, 0.717) is 5.56 Å². The smallest absolute Gasteiger partial charge is 0.251 e. The number of carbonyl (C=O) groups is 1. The maximum absolute atomic E-state index is 12.9. The van der Waals surface area contributed by atoms with Crippen molar-refractivity contribution in [2.45, 2.75) is 13.0 Å². The van der Waals surface area contributed by atoms with Gasteiger partial charge in [-0.1, -0.05) is 0 Å². The SMILES string of the molecule is C[C@H](O)CNC(=O)c1ccc(F)c(Br)c1. The summed E-state index contributed by atoms with van der Waals surface area (Å²) in [5.74, 6) is -0.751. The molecular weight excluding hydrogens is 265 g/mol. The molecule has 82 valence electrons. The number of aliphatic hydroxyl groups is 1. The fourth-order valence-corrected chi connectivity index (χ4v) is 1.36. The Morgan fingerprint density at radius 3 is 2.87 bits per heavy atom. The normalized spacial score (nSPS) is 12.3. The fourth-order valence-electron chi connectivity index (χ4n) is 0.980. The maximum atomic E-state index is 12.9. The molecule has 0 aliphatic rings. The van der Waals surface area contributed by atoms with Gasteiger partial charge in [-0.25, -0.2) is 4.39 Å². The zero-order valence-corrected chi connectivity index (χ0v) is 9.71. The fraction of sp³-hybridized carbons (Fsp3) is 0.300. The highest BCUT2D eigenvalue weighted by atomic mass is 79.9.